The van der Waals surface area contributed by atoms with Crippen LogP contribution in [0, 0.1) is 0 Å². The normalized spacial score (nSPS) is 11.6. The molecule has 130 valence electrons. The molecule has 0 amide bonds. The Balaban J connectivity index is 2.55. The van der Waals surface area contributed by atoms with E-state index in [0.717, 1.165) is 18.1 Å². The van der Waals surface area contributed by atoms with Crippen LogP contribution in [0.3, 0.4) is 0 Å². The molecule has 1 rings (SSSR count). The molecule has 0 fully saturated rings. The number of nitrogens with one attached hydrogen (secondary N) is 1. The summed E-state index contributed by atoms with van der Waals surface area (Å²) in [5.74, 6) is 0.828. The van der Waals surface area contributed by atoms with E-state index in [1.165, 1.54) is 0 Å². The van der Waals surface area contributed by atoms with Crippen molar-refractivity contribution in [2.75, 3.05) is 47.1 Å². The van der Waals surface area contributed by atoms with Crippen LogP contribution in [-0.2, 0) is 16.0 Å². The quantitative estimate of drug-likeness (QED) is 0.417. The summed E-state index contributed by atoms with van der Waals surface area (Å²) >= 11 is 12.0. The van der Waals surface area contributed by atoms with Crippen LogP contribution in [0.1, 0.15) is 12.5 Å². The minimum Gasteiger partial charge on any atom is -0.382 e. The van der Waals surface area contributed by atoms with Crippen LogP contribution in [0.5, 0.6) is 0 Å². The van der Waals surface area contributed by atoms with Crippen LogP contribution < -0.4 is 5.32 Å². The van der Waals surface area contributed by atoms with E-state index < -0.39 is 0 Å². The third-order valence-corrected chi connectivity index (χ3v) is 3.77. The topological polar surface area (TPSA) is 46.1 Å². The minimum absolute atomic E-state index is 0.561. The van der Waals surface area contributed by atoms with Crippen molar-refractivity contribution >= 4 is 29.2 Å². The molecule has 0 aliphatic carbocycles. The first-order valence-electron chi connectivity index (χ1n) is 7.58. The summed E-state index contributed by atoms with van der Waals surface area (Å²) in [5, 5.41) is 4.39. The van der Waals surface area contributed by atoms with Crippen molar-refractivity contribution in [3.63, 3.8) is 0 Å². The van der Waals surface area contributed by atoms with Gasteiger partial charge < -0.3 is 19.7 Å². The van der Waals surface area contributed by atoms with Crippen LogP contribution >= 0.6 is 23.2 Å². The largest absolute Gasteiger partial charge is 0.382 e. The Morgan fingerprint density at radius 2 is 2.00 bits per heavy atom. The summed E-state index contributed by atoms with van der Waals surface area (Å²) in [6.07, 6.45) is 0. The van der Waals surface area contributed by atoms with Crippen molar-refractivity contribution in [3.05, 3.63) is 33.8 Å². The summed E-state index contributed by atoms with van der Waals surface area (Å²) in [6, 6.07) is 5.64. The maximum Gasteiger partial charge on any atom is 0.194 e. The molecule has 1 aromatic carbocycles. The number of benzene rings is 1. The fraction of sp³-hybridized carbons (Fsp3) is 0.562. The second-order valence-corrected chi connectivity index (χ2v) is 5.76. The highest BCUT2D eigenvalue weighted by Crippen LogP contribution is 2.23. The molecule has 0 saturated heterocycles. The predicted octanol–water partition coefficient (Wildman–Crippen LogP) is 3.05. The van der Waals surface area contributed by atoms with Crippen molar-refractivity contribution in [1.29, 1.82) is 0 Å². The number of rotatable bonds is 9. The van der Waals surface area contributed by atoms with Crippen LogP contribution in [-0.4, -0.2) is 57.9 Å². The van der Waals surface area contributed by atoms with Crippen molar-refractivity contribution in [3.8, 4) is 0 Å². The number of hydrogen-bond donors (Lipinski definition) is 1. The first-order valence-corrected chi connectivity index (χ1v) is 8.34. The van der Waals surface area contributed by atoms with Gasteiger partial charge in [0.2, 0.25) is 0 Å². The minimum atomic E-state index is 0.561. The van der Waals surface area contributed by atoms with E-state index in [9.17, 15) is 0 Å². The van der Waals surface area contributed by atoms with E-state index in [2.05, 4.69) is 10.3 Å². The lowest BCUT2D eigenvalue weighted by Gasteiger charge is -2.22. The molecule has 0 radical (unpaired) electrons. The zero-order valence-corrected chi connectivity index (χ0v) is 15.5. The summed E-state index contributed by atoms with van der Waals surface area (Å²) in [4.78, 5) is 6.59. The fourth-order valence-corrected chi connectivity index (χ4v) is 2.24. The molecule has 0 aliphatic heterocycles. The van der Waals surface area contributed by atoms with Gasteiger partial charge in [0.05, 0.1) is 36.4 Å². The standard InChI is InChI=1S/C16H25Cl2N3O2/c1-4-19-16(20-7-8-23-10-9-22-3)21(2)12-13-5-6-14(17)15(18)11-13/h5-6,11H,4,7-10,12H2,1-3H3,(H,19,20). The lowest BCUT2D eigenvalue weighted by molar-refractivity contribution is 0.0747. The zero-order valence-electron chi connectivity index (χ0n) is 13.9. The van der Waals surface area contributed by atoms with E-state index in [-0.39, 0.29) is 0 Å². The lowest BCUT2D eigenvalue weighted by Crippen LogP contribution is -2.38. The molecule has 1 aromatic rings. The van der Waals surface area contributed by atoms with Crippen molar-refractivity contribution < 1.29 is 9.47 Å². The SMILES string of the molecule is CCNC(=NCCOCCOC)N(C)Cc1ccc(Cl)c(Cl)c1. The summed E-state index contributed by atoms with van der Waals surface area (Å²) in [7, 11) is 3.64. The Hall–Kier alpha value is -1.01. The average molecular weight is 362 g/mol. The van der Waals surface area contributed by atoms with Crippen molar-refractivity contribution in [2.45, 2.75) is 13.5 Å². The van der Waals surface area contributed by atoms with Gasteiger partial charge in [0.15, 0.2) is 5.96 Å². The molecule has 1 N–H and O–H groups in total. The van der Waals surface area contributed by atoms with Crippen LogP contribution in [0.15, 0.2) is 23.2 Å². The van der Waals surface area contributed by atoms with Gasteiger partial charge in [0.25, 0.3) is 0 Å². The number of halogens is 2. The Labute approximate surface area is 148 Å². The molecular formula is C16H25Cl2N3O2. The maximum atomic E-state index is 6.06. The van der Waals surface area contributed by atoms with Crippen LogP contribution in [0.2, 0.25) is 10.0 Å². The monoisotopic (exact) mass is 361 g/mol. The molecule has 0 saturated carbocycles. The highest BCUT2D eigenvalue weighted by Gasteiger charge is 2.07. The van der Waals surface area contributed by atoms with Crippen LogP contribution in [0.4, 0.5) is 0 Å². The van der Waals surface area contributed by atoms with Gasteiger partial charge in [-0.15, -0.1) is 0 Å². The van der Waals surface area contributed by atoms with E-state index in [4.69, 9.17) is 32.7 Å². The molecule has 0 atom stereocenters. The highest BCUT2D eigenvalue weighted by molar-refractivity contribution is 6.42. The molecule has 7 heteroatoms. The second kappa shape index (κ2) is 11.5. The number of hydrogen-bond acceptors (Lipinski definition) is 3. The smallest absolute Gasteiger partial charge is 0.194 e. The van der Waals surface area contributed by atoms with Gasteiger partial charge in [-0.25, -0.2) is 0 Å². The second-order valence-electron chi connectivity index (χ2n) is 4.95. The van der Waals surface area contributed by atoms with Gasteiger partial charge in [-0.1, -0.05) is 29.3 Å². The zero-order chi connectivity index (χ0) is 17.1. The summed E-state index contributed by atoms with van der Waals surface area (Å²) in [5.41, 5.74) is 1.07. The number of methoxy groups -OCH3 is 1. The first kappa shape index (κ1) is 20.0. The predicted molar refractivity (Wildman–Crippen MR) is 96.6 cm³/mol. The molecule has 0 bridgehead atoms. The Bertz CT molecular complexity index is 498. The Kier molecular flexibility index (Phi) is 10.0. The van der Waals surface area contributed by atoms with Gasteiger partial charge in [-0.05, 0) is 24.6 Å². The third-order valence-electron chi connectivity index (χ3n) is 3.03. The highest BCUT2D eigenvalue weighted by atomic mass is 35.5. The van der Waals surface area contributed by atoms with E-state index in [1.54, 1.807) is 13.2 Å². The van der Waals surface area contributed by atoms with Gasteiger partial charge in [0, 0.05) is 27.2 Å². The third kappa shape index (κ3) is 7.88. The summed E-state index contributed by atoms with van der Waals surface area (Å²) in [6.45, 7) is 5.87. The fourth-order valence-electron chi connectivity index (χ4n) is 1.92. The molecule has 0 heterocycles. The number of nitrogens with zero attached hydrogens (tertiary/aromatic N) is 2. The van der Waals surface area contributed by atoms with Gasteiger partial charge in [-0.2, -0.15) is 0 Å². The van der Waals surface area contributed by atoms with Crippen molar-refractivity contribution in [1.82, 2.24) is 10.2 Å². The number of aliphatic imine (C=N–C) groups is 1. The number of ether oxygens (including phenoxy) is 2. The molecule has 0 unspecified atom stereocenters. The molecular weight excluding hydrogens is 337 g/mol. The van der Waals surface area contributed by atoms with Gasteiger partial charge in [-0.3, -0.25) is 4.99 Å². The average Bonchev–Trinajstić information content (AvgIpc) is 2.53. The van der Waals surface area contributed by atoms with Crippen molar-refractivity contribution in [2.24, 2.45) is 4.99 Å². The molecule has 0 aromatic heterocycles. The molecule has 23 heavy (non-hydrogen) atoms. The Morgan fingerprint density at radius 1 is 1.22 bits per heavy atom. The molecule has 0 spiro atoms. The number of guanidine groups is 1. The molecule has 5 nitrogen and oxygen atoms in total. The van der Waals surface area contributed by atoms with Crippen LogP contribution in [0.25, 0.3) is 0 Å². The van der Waals surface area contributed by atoms with E-state index in [0.29, 0.717) is 43.0 Å². The maximum absolute atomic E-state index is 6.06. The Morgan fingerprint density at radius 3 is 2.65 bits per heavy atom. The lowest BCUT2D eigenvalue weighted by atomic mass is 10.2. The van der Waals surface area contributed by atoms with Gasteiger partial charge >= 0.3 is 0 Å². The first-order chi connectivity index (χ1) is 11.1. The van der Waals surface area contributed by atoms with E-state index in [1.807, 2.05) is 31.0 Å². The van der Waals surface area contributed by atoms with E-state index >= 15 is 0 Å². The molecule has 0 aliphatic rings. The summed E-state index contributed by atoms with van der Waals surface area (Å²) < 4.78 is 10.3. The van der Waals surface area contributed by atoms with Gasteiger partial charge in [0.1, 0.15) is 0 Å².